The Morgan fingerprint density at radius 2 is 2.04 bits per heavy atom. The maximum atomic E-state index is 12.8. The maximum Gasteiger partial charge on any atom is 0.274 e. The average Bonchev–Trinajstić information content (AvgIpc) is 3.14. The van der Waals surface area contributed by atoms with Crippen molar-refractivity contribution in [2.24, 2.45) is 0 Å². The number of hydrogen-bond acceptors (Lipinski definition) is 5. The predicted molar refractivity (Wildman–Crippen MR) is 103 cm³/mol. The summed E-state index contributed by atoms with van der Waals surface area (Å²) in [6, 6.07) is 7.50. The van der Waals surface area contributed by atoms with E-state index in [0.717, 1.165) is 43.9 Å². The summed E-state index contributed by atoms with van der Waals surface area (Å²) in [5.74, 6) is 0.744. The van der Waals surface area contributed by atoms with E-state index in [2.05, 4.69) is 20.4 Å². The van der Waals surface area contributed by atoms with Crippen molar-refractivity contribution in [2.45, 2.75) is 13.0 Å². The van der Waals surface area contributed by atoms with Gasteiger partial charge in [-0.2, -0.15) is 5.10 Å². The van der Waals surface area contributed by atoms with Crippen LogP contribution in [0.2, 0.25) is 5.02 Å². The van der Waals surface area contributed by atoms with Crippen molar-refractivity contribution in [1.82, 2.24) is 25.3 Å². The molecule has 0 aliphatic carbocycles. The third-order valence-corrected chi connectivity index (χ3v) is 5.48. The number of aromatic nitrogens is 2. The van der Waals surface area contributed by atoms with Crippen LogP contribution in [0.4, 0.5) is 0 Å². The second kappa shape index (κ2) is 8.29. The van der Waals surface area contributed by atoms with Crippen molar-refractivity contribution in [3.8, 4) is 5.75 Å². The zero-order valence-electron chi connectivity index (χ0n) is 15.2. The van der Waals surface area contributed by atoms with E-state index in [-0.39, 0.29) is 5.91 Å². The highest BCUT2D eigenvalue weighted by molar-refractivity contribution is 6.32. The van der Waals surface area contributed by atoms with Gasteiger partial charge in [-0.1, -0.05) is 23.7 Å². The molecule has 0 spiro atoms. The standard InChI is InChI=1S/C19H24ClN5O2/c20-15-3-1-2-4-17(15)27-12-11-24-7-9-25(10-8-24)19(26)18-14-13-21-6-5-16(14)22-23-18/h1-4,21H,5-13H2,(H,22,23). The third kappa shape index (κ3) is 4.10. The molecule has 1 aromatic heterocycles. The van der Waals surface area contributed by atoms with Gasteiger partial charge in [0.25, 0.3) is 5.91 Å². The minimum Gasteiger partial charge on any atom is -0.491 e. The summed E-state index contributed by atoms with van der Waals surface area (Å²) in [5, 5.41) is 11.2. The highest BCUT2D eigenvalue weighted by atomic mass is 35.5. The molecule has 8 heteroatoms. The van der Waals surface area contributed by atoms with Gasteiger partial charge in [-0.25, -0.2) is 0 Å². The first kappa shape index (κ1) is 18.3. The van der Waals surface area contributed by atoms with Crippen LogP contribution in [-0.2, 0) is 13.0 Å². The molecule has 1 fully saturated rings. The molecule has 2 N–H and O–H groups in total. The van der Waals surface area contributed by atoms with Crippen molar-refractivity contribution < 1.29 is 9.53 Å². The number of ether oxygens (including phenoxy) is 1. The van der Waals surface area contributed by atoms with Crippen LogP contribution in [0.15, 0.2) is 24.3 Å². The summed E-state index contributed by atoms with van der Waals surface area (Å²) in [6.07, 6.45) is 0.898. The Morgan fingerprint density at radius 1 is 1.22 bits per heavy atom. The van der Waals surface area contributed by atoms with Crippen molar-refractivity contribution in [3.63, 3.8) is 0 Å². The average molecular weight is 390 g/mol. The molecule has 3 heterocycles. The van der Waals surface area contributed by atoms with Gasteiger partial charge in [0, 0.05) is 63.5 Å². The lowest BCUT2D eigenvalue weighted by Crippen LogP contribution is -2.49. The van der Waals surface area contributed by atoms with Crippen LogP contribution in [0.5, 0.6) is 5.75 Å². The van der Waals surface area contributed by atoms with Crippen LogP contribution < -0.4 is 10.1 Å². The van der Waals surface area contributed by atoms with E-state index in [1.54, 1.807) is 0 Å². The molecule has 7 nitrogen and oxygen atoms in total. The molecule has 0 atom stereocenters. The Hall–Kier alpha value is -2.09. The second-order valence-electron chi connectivity index (χ2n) is 6.87. The van der Waals surface area contributed by atoms with Crippen LogP contribution in [0, 0.1) is 0 Å². The fourth-order valence-electron chi connectivity index (χ4n) is 3.57. The molecular formula is C19H24ClN5O2. The number of rotatable bonds is 5. The minimum absolute atomic E-state index is 0.0307. The number of nitrogens with zero attached hydrogens (tertiary/aromatic N) is 3. The molecule has 0 saturated carbocycles. The van der Waals surface area contributed by atoms with Gasteiger partial charge < -0.3 is 15.0 Å². The summed E-state index contributed by atoms with van der Waals surface area (Å²) < 4.78 is 5.76. The van der Waals surface area contributed by atoms with Gasteiger partial charge >= 0.3 is 0 Å². The summed E-state index contributed by atoms with van der Waals surface area (Å²) in [5.41, 5.74) is 2.70. The number of benzene rings is 1. The summed E-state index contributed by atoms with van der Waals surface area (Å²) in [7, 11) is 0. The SMILES string of the molecule is O=C(c1n[nH]c2c1CNCC2)N1CCN(CCOc2ccccc2Cl)CC1. The first-order valence-electron chi connectivity index (χ1n) is 9.38. The smallest absolute Gasteiger partial charge is 0.274 e. The monoisotopic (exact) mass is 389 g/mol. The number of aromatic amines is 1. The molecule has 0 unspecified atom stereocenters. The number of fused-ring (bicyclic) bond motifs is 1. The molecule has 0 radical (unpaired) electrons. The molecule has 1 aromatic carbocycles. The molecule has 2 aliphatic heterocycles. The molecule has 1 saturated heterocycles. The zero-order valence-corrected chi connectivity index (χ0v) is 16.0. The second-order valence-corrected chi connectivity index (χ2v) is 7.28. The molecule has 144 valence electrons. The summed E-state index contributed by atoms with van der Waals surface area (Å²) >= 11 is 6.10. The van der Waals surface area contributed by atoms with Gasteiger partial charge in [-0.05, 0) is 12.1 Å². The lowest BCUT2D eigenvalue weighted by atomic mass is 10.1. The molecule has 2 aromatic rings. The fraction of sp³-hybridized carbons (Fsp3) is 0.474. The van der Waals surface area contributed by atoms with Gasteiger partial charge in [-0.15, -0.1) is 0 Å². The minimum atomic E-state index is 0.0307. The Kier molecular flexibility index (Phi) is 5.61. The van der Waals surface area contributed by atoms with Crippen molar-refractivity contribution >= 4 is 17.5 Å². The number of H-pyrrole nitrogens is 1. The molecule has 0 bridgehead atoms. The Labute approximate surface area is 163 Å². The number of carbonyl (C=O) groups excluding carboxylic acids is 1. The van der Waals surface area contributed by atoms with Crippen LogP contribution in [0.3, 0.4) is 0 Å². The molecule has 1 amide bonds. The van der Waals surface area contributed by atoms with Crippen LogP contribution in [-0.4, -0.2) is 71.8 Å². The largest absolute Gasteiger partial charge is 0.491 e. The molecule has 2 aliphatic rings. The third-order valence-electron chi connectivity index (χ3n) is 5.17. The van der Waals surface area contributed by atoms with Crippen LogP contribution in [0.25, 0.3) is 0 Å². The number of halogens is 1. The van der Waals surface area contributed by atoms with E-state index in [9.17, 15) is 4.79 Å². The molecular weight excluding hydrogens is 366 g/mol. The Morgan fingerprint density at radius 3 is 2.85 bits per heavy atom. The number of hydrogen-bond donors (Lipinski definition) is 2. The number of piperazine rings is 1. The predicted octanol–water partition coefficient (Wildman–Crippen LogP) is 1.55. The fourth-order valence-corrected chi connectivity index (χ4v) is 3.76. The van der Waals surface area contributed by atoms with Gasteiger partial charge in [0.05, 0.1) is 5.02 Å². The van der Waals surface area contributed by atoms with Gasteiger partial charge in [0.15, 0.2) is 5.69 Å². The number of amides is 1. The van der Waals surface area contributed by atoms with E-state index in [1.165, 1.54) is 0 Å². The highest BCUT2D eigenvalue weighted by Gasteiger charge is 2.27. The van der Waals surface area contributed by atoms with Gasteiger partial charge in [-0.3, -0.25) is 14.8 Å². The van der Waals surface area contributed by atoms with E-state index < -0.39 is 0 Å². The van der Waals surface area contributed by atoms with E-state index in [4.69, 9.17) is 16.3 Å². The molecule has 4 rings (SSSR count). The lowest BCUT2D eigenvalue weighted by molar-refractivity contribution is 0.0613. The normalized spacial score (nSPS) is 17.6. The number of para-hydroxylation sites is 1. The summed E-state index contributed by atoms with van der Waals surface area (Å²) in [6.45, 7) is 6.13. The van der Waals surface area contributed by atoms with E-state index >= 15 is 0 Å². The number of nitrogens with one attached hydrogen (secondary N) is 2. The zero-order chi connectivity index (χ0) is 18.6. The lowest BCUT2D eigenvalue weighted by Gasteiger charge is -2.34. The van der Waals surface area contributed by atoms with Crippen LogP contribution in [0.1, 0.15) is 21.7 Å². The first-order chi connectivity index (χ1) is 13.2. The van der Waals surface area contributed by atoms with E-state index in [1.807, 2.05) is 29.2 Å². The van der Waals surface area contributed by atoms with Crippen LogP contribution >= 0.6 is 11.6 Å². The van der Waals surface area contributed by atoms with E-state index in [0.29, 0.717) is 42.7 Å². The van der Waals surface area contributed by atoms with Crippen molar-refractivity contribution in [3.05, 3.63) is 46.2 Å². The Balaban J connectivity index is 1.26. The quantitative estimate of drug-likeness (QED) is 0.811. The number of carbonyl (C=O) groups is 1. The Bertz CT molecular complexity index is 801. The maximum absolute atomic E-state index is 12.8. The highest BCUT2D eigenvalue weighted by Crippen LogP contribution is 2.23. The van der Waals surface area contributed by atoms with Gasteiger partial charge in [0.2, 0.25) is 0 Å². The molecule has 27 heavy (non-hydrogen) atoms. The van der Waals surface area contributed by atoms with Crippen molar-refractivity contribution in [2.75, 3.05) is 45.9 Å². The first-order valence-corrected chi connectivity index (χ1v) is 9.76. The van der Waals surface area contributed by atoms with Crippen molar-refractivity contribution in [1.29, 1.82) is 0 Å². The topological polar surface area (TPSA) is 73.5 Å². The summed E-state index contributed by atoms with van der Waals surface area (Å²) in [4.78, 5) is 17.0. The van der Waals surface area contributed by atoms with Gasteiger partial charge in [0.1, 0.15) is 12.4 Å².